The number of benzene rings is 2. The molecule has 1 amide bonds. The Morgan fingerprint density at radius 3 is 2.79 bits per heavy atom. The van der Waals surface area contributed by atoms with Crippen LogP contribution >= 0.6 is 11.3 Å². The average Bonchev–Trinajstić information content (AvgIpc) is 3.59. The summed E-state index contributed by atoms with van der Waals surface area (Å²) in [5.74, 6) is 6.26. The highest BCUT2D eigenvalue weighted by Gasteiger charge is 2.27. The van der Waals surface area contributed by atoms with Crippen molar-refractivity contribution in [3.8, 4) is 17.5 Å². The number of aromatic nitrogens is 6. The van der Waals surface area contributed by atoms with E-state index in [9.17, 15) is 9.59 Å². The Bertz CT molecular complexity index is 1970. The topological polar surface area (TPSA) is 136 Å². The minimum Gasteiger partial charge on any atom is -0.382 e. The van der Waals surface area contributed by atoms with E-state index in [2.05, 4.69) is 32.2 Å². The second-order valence-electron chi connectivity index (χ2n) is 8.67. The molecule has 4 aromatic heterocycles. The number of rotatable bonds is 4. The van der Waals surface area contributed by atoms with E-state index in [1.54, 1.807) is 59.8 Å². The van der Waals surface area contributed by atoms with Gasteiger partial charge in [0.25, 0.3) is 11.5 Å². The fraction of sp³-hybridized carbons (Fsp3) is 0.0714. The van der Waals surface area contributed by atoms with Crippen molar-refractivity contribution in [2.45, 2.75) is 13.0 Å². The van der Waals surface area contributed by atoms with Crippen LogP contribution in [-0.2, 0) is 0 Å². The molecule has 11 heteroatoms. The lowest BCUT2D eigenvalue weighted by atomic mass is 10.1. The molecule has 10 nitrogen and oxygen atoms in total. The molecule has 4 N–H and O–H groups in total. The van der Waals surface area contributed by atoms with Gasteiger partial charge in [0.1, 0.15) is 18.2 Å². The van der Waals surface area contributed by atoms with Gasteiger partial charge in [-0.25, -0.2) is 10.1 Å². The highest BCUT2D eigenvalue weighted by molar-refractivity contribution is 7.10. The molecule has 2 aromatic carbocycles. The minimum absolute atomic E-state index is 0.175. The molecule has 0 bridgehead atoms. The Morgan fingerprint density at radius 2 is 2.00 bits per heavy atom. The van der Waals surface area contributed by atoms with Crippen LogP contribution in [0.3, 0.4) is 0 Å². The third kappa shape index (κ3) is 4.39. The maximum Gasteiger partial charge on any atom is 0.362 e. The van der Waals surface area contributed by atoms with Crippen molar-refractivity contribution in [3.05, 3.63) is 111 Å². The highest BCUT2D eigenvalue weighted by Crippen LogP contribution is 2.21. The van der Waals surface area contributed by atoms with E-state index >= 15 is 0 Å². The molecular weight excluding hydrogens is 512 g/mol. The van der Waals surface area contributed by atoms with Gasteiger partial charge in [-0.15, -0.1) is 15.9 Å². The molecule has 0 spiro atoms. The third-order valence-electron chi connectivity index (χ3n) is 6.13. The number of carbonyl (C=O) groups excluding carboxylic acids is 1. The summed E-state index contributed by atoms with van der Waals surface area (Å²) in [5.41, 5.74) is 9.75. The van der Waals surface area contributed by atoms with Gasteiger partial charge >= 0.3 is 5.65 Å². The van der Waals surface area contributed by atoms with Crippen LogP contribution in [0.1, 0.15) is 39.6 Å². The van der Waals surface area contributed by atoms with Crippen molar-refractivity contribution in [2.75, 3.05) is 5.73 Å². The Labute approximate surface area is 225 Å². The highest BCUT2D eigenvalue weighted by atomic mass is 32.1. The summed E-state index contributed by atoms with van der Waals surface area (Å²) in [6.07, 6.45) is 4.97. The largest absolute Gasteiger partial charge is 0.382 e. The summed E-state index contributed by atoms with van der Waals surface area (Å²) in [6.45, 7) is 1.77. The average molecular weight is 534 g/mol. The first-order valence-electron chi connectivity index (χ1n) is 12.0. The molecule has 1 unspecified atom stereocenters. The van der Waals surface area contributed by atoms with Gasteiger partial charge in [-0.3, -0.25) is 19.1 Å². The standard InChI is InChI=1S/C28H20N8O2S/c1-17(32-27(37)23-24(29)34-35-14-6-13-31-26(23)35)25-33-21-10-5-7-18(11-12-20-15-30-16-39-20)22(21)28(38)36(25)19-8-3-2-4-9-19/h2-10,13-17H,1H3,(H3,29,32,34,37)/p+1. The third-order valence-corrected chi connectivity index (χ3v) is 6.82. The van der Waals surface area contributed by atoms with Gasteiger partial charge in [-0.1, -0.05) is 30.2 Å². The number of fused-ring (bicyclic) bond motifs is 2. The van der Waals surface area contributed by atoms with Crippen LogP contribution in [0.15, 0.2) is 83.5 Å². The summed E-state index contributed by atoms with van der Waals surface area (Å²) in [7, 11) is 0. The van der Waals surface area contributed by atoms with Crippen molar-refractivity contribution in [1.82, 2.24) is 29.9 Å². The lowest BCUT2D eigenvalue weighted by Crippen LogP contribution is -2.34. The molecule has 0 fully saturated rings. The van der Waals surface area contributed by atoms with E-state index in [1.165, 1.54) is 15.9 Å². The first-order valence-corrected chi connectivity index (χ1v) is 12.9. The number of nitrogens with one attached hydrogen (secondary N) is 2. The molecule has 4 heterocycles. The maximum atomic E-state index is 14.1. The zero-order valence-electron chi connectivity index (χ0n) is 20.6. The van der Waals surface area contributed by atoms with Crippen LogP contribution in [0.2, 0.25) is 0 Å². The minimum atomic E-state index is -0.667. The normalized spacial score (nSPS) is 11.7. The number of para-hydroxylation sites is 1. The second-order valence-corrected chi connectivity index (χ2v) is 9.56. The Morgan fingerprint density at radius 1 is 1.15 bits per heavy atom. The van der Waals surface area contributed by atoms with Crippen molar-refractivity contribution < 1.29 is 9.31 Å². The van der Waals surface area contributed by atoms with Crippen molar-refractivity contribution in [2.24, 2.45) is 0 Å². The van der Waals surface area contributed by atoms with Crippen LogP contribution < -0.4 is 21.1 Å². The SMILES string of the molecule is CC(NC(=O)c1c(N)[nH][n+]2cccnc12)c1nc2cccc(C#Cc3cncs3)c2c(=O)n1-c1ccccc1. The molecule has 0 aliphatic carbocycles. The Balaban J connectivity index is 1.48. The number of hydrogen-bond donors (Lipinski definition) is 3. The Hall–Kier alpha value is -5.34. The lowest BCUT2D eigenvalue weighted by molar-refractivity contribution is -0.577. The molecule has 190 valence electrons. The van der Waals surface area contributed by atoms with Gasteiger partial charge in [-0.2, -0.15) is 0 Å². The summed E-state index contributed by atoms with van der Waals surface area (Å²) >= 11 is 1.42. The van der Waals surface area contributed by atoms with Gasteiger partial charge in [0.2, 0.25) is 0 Å². The number of carbonyl (C=O) groups is 1. The van der Waals surface area contributed by atoms with Crippen molar-refractivity contribution >= 4 is 39.6 Å². The van der Waals surface area contributed by atoms with Crippen LogP contribution in [0.4, 0.5) is 5.82 Å². The zero-order chi connectivity index (χ0) is 26.9. The van der Waals surface area contributed by atoms with Crippen molar-refractivity contribution in [3.63, 3.8) is 0 Å². The smallest absolute Gasteiger partial charge is 0.362 e. The van der Waals surface area contributed by atoms with Crippen LogP contribution in [0, 0.1) is 11.8 Å². The van der Waals surface area contributed by atoms with E-state index in [0.717, 1.165) is 4.88 Å². The van der Waals surface area contributed by atoms with Crippen LogP contribution in [0.5, 0.6) is 0 Å². The van der Waals surface area contributed by atoms with E-state index in [0.29, 0.717) is 33.6 Å². The molecule has 0 aliphatic rings. The number of H-pyrrole nitrogens is 1. The molecule has 6 aromatic rings. The fourth-order valence-electron chi connectivity index (χ4n) is 4.38. The molecule has 6 rings (SSSR count). The van der Waals surface area contributed by atoms with Gasteiger partial charge in [-0.05, 0) is 42.1 Å². The second kappa shape index (κ2) is 9.85. The van der Waals surface area contributed by atoms with Crippen molar-refractivity contribution in [1.29, 1.82) is 0 Å². The summed E-state index contributed by atoms with van der Waals surface area (Å²) in [6, 6.07) is 15.6. The fourth-order valence-corrected chi connectivity index (χ4v) is 4.85. The molecule has 39 heavy (non-hydrogen) atoms. The van der Waals surface area contributed by atoms with Gasteiger partial charge in [0.05, 0.1) is 39.2 Å². The number of nitrogens with zero attached hydrogens (tertiary/aromatic N) is 5. The van der Waals surface area contributed by atoms with E-state index in [1.807, 2.05) is 30.3 Å². The first-order chi connectivity index (χ1) is 19.0. The number of anilines is 1. The number of nitrogens with two attached hydrogens (primary N) is 1. The lowest BCUT2D eigenvalue weighted by Gasteiger charge is -2.19. The molecule has 0 radical (unpaired) electrons. The predicted octanol–water partition coefficient (Wildman–Crippen LogP) is 2.78. The van der Waals surface area contributed by atoms with Gasteiger partial charge in [0.15, 0.2) is 11.4 Å². The molecule has 0 saturated carbocycles. The Kier molecular flexibility index (Phi) is 6.07. The number of amides is 1. The molecule has 1 atom stereocenters. The maximum absolute atomic E-state index is 14.1. The quantitative estimate of drug-likeness (QED) is 0.236. The molecular formula is C28H21N8O2S+. The van der Waals surface area contributed by atoms with Crippen LogP contribution in [0.25, 0.3) is 22.2 Å². The van der Waals surface area contributed by atoms with Crippen LogP contribution in [-0.4, -0.2) is 30.5 Å². The summed E-state index contributed by atoms with van der Waals surface area (Å²) in [4.78, 5) is 41.4. The number of nitrogen functional groups attached to an aromatic ring is 1. The van der Waals surface area contributed by atoms with Gasteiger partial charge < -0.3 is 11.1 Å². The summed E-state index contributed by atoms with van der Waals surface area (Å²) in [5, 5.41) is 6.24. The van der Waals surface area contributed by atoms with E-state index < -0.39 is 11.9 Å². The molecule has 0 aliphatic heterocycles. The predicted molar refractivity (Wildman–Crippen MR) is 147 cm³/mol. The van der Waals surface area contributed by atoms with E-state index in [4.69, 9.17) is 10.7 Å². The first kappa shape index (κ1) is 24.0. The monoisotopic (exact) mass is 533 g/mol. The number of aromatic amines is 1. The summed E-state index contributed by atoms with van der Waals surface area (Å²) < 4.78 is 3.08. The number of hydrogen-bond acceptors (Lipinski definition) is 7. The zero-order valence-corrected chi connectivity index (χ0v) is 21.4. The van der Waals surface area contributed by atoms with Gasteiger partial charge in [0, 0.05) is 11.6 Å². The number of thiazole rings is 1. The molecule has 0 saturated heterocycles. The van der Waals surface area contributed by atoms with E-state index in [-0.39, 0.29) is 16.9 Å².